The van der Waals surface area contributed by atoms with E-state index < -0.39 is 0 Å². The van der Waals surface area contributed by atoms with Crippen molar-refractivity contribution in [2.24, 2.45) is 0 Å². The lowest BCUT2D eigenvalue weighted by Crippen LogP contribution is -2.36. The molecule has 1 atom stereocenters. The van der Waals surface area contributed by atoms with Crippen molar-refractivity contribution >= 4 is 11.6 Å². The van der Waals surface area contributed by atoms with E-state index in [-0.39, 0.29) is 6.10 Å². The van der Waals surface area contributed by atoms with Crippen molar-refractivity contribution < 1.29 is 4.74 Å². The summed E-state index contributed by atoms with van der Waals surface area (Å²) >= 11 is 5.78. The molecule has 0 N–H and O–H groups in total. The lowest BCUT2D eigenvalue weighted by atomic mass is 10.2. The van der Waals surface area contributed by atoms with Crippen molar-refractivity contribution in [3.8, 4) is 0 Å². The minimum absolute atomic E-state index is 0.0487. The maximum Gasteiger partial charge on any atom is 0.160 e. The van der Waals surface area contributed by atoms with Crippen LogP contribution < -0.4 is 0 Å². The molecule has 1 saturated heterocycles. The summed E-state index contributed by atoms with van der Waals surface area (Å²) in [5.74, 6) is 0.670. The zero-order chi connectivity index (χ0) is 9.97. The van der Waals surface area contributed by atoms with Crippen molar-refractivity contribution in [2.75, 3.05) is 26.7 Å². The Labute approximate surface area is 87.9 Å². The number of aromatic nitrogens is 2. The molecular weight excluding hydrogens is 202 g/mol. The van der Waals surface area contributed by atoms with Crippen LogP contribution in [0.25, 0.3) is 0 Å². The second kappa shape index (κ2) is 4.21. The van der Waals surface area contributed by atoms with E-state index in [1.807, 2.05) is 0 Å². The molecule has 0 bridgehead atoms. The van der Waals surface area contributed by atoms with E-state index in [1.54, 1.807) is 12.3 Å². The maximum absolute atomic E-state index is 5.78. The monoisotopic (exact) mass is 213 g/mol. The van der Waals surface area contributed by atoms with Gasteiger partial charge in [0.2, 0.25) is 0 Å². The highest BCUT2D eigenvalue weighted by Gasteiger charge is 2.21. The molecule has 1 aromatic rings. The van der Waals surface area contributed by atoms with E-state index in [9.17, 15) is 0 Å². The van der Waals surface area contributed by atoms with Gasteiger partial charge in [0.05, 0.1) is 6.61 Å². The zero-order valence-corrected chi connectivity index (χ0v) is 8.74. The molecule has 2 rings (SSSR count). The van der Waals surface area contributed by atoms with Gasteiger partial charge in [-0.15, -0.1) is 0 Å². The number of halogens is 1. The van der Waals surface area contributed by atoms with E-state index in [2.05, 4.69) is 21.9 Å². The van der Waals surface area contributed by atoms with Crippen LogP contribution in [-0.2, 0) is 4.74 Å². The second-order valence-corrected chi connectivity index (χ2v) is 3.75. The van der Waals surface area contributed by atoms with Gasteiger partial charge in [0.1, 0.15) is 11.3 Å². The minimum atomic E-state index is -0.0487. The Morgan fingerprint density at radius 2 is 2.50 bits per heavy atom. The number of ether oxygens (including phenoxy) is 1. The number of hydrogen-bond acceptors (Lipinski definition) is 4. The number of nitrogens with zero attached hydrogens (tertiary/aromatic N) is 3. The first kappa shape index (κ1) is 9.83. The predicted octanol–water partition coefficient (Wildman–Crippen LogP) is 1.13. The first-order valence-electron chi connectivity index (χ1n) is 4.54. The lowest BCUT2D eigenvalue weighted by molar-refractivity contribution is -0.0254. The van der Waals surface area contributed by atoms with Crippen molar-refractivity contribution in [3.05, 3.63) is 23.2 Å². The minimum Gasteiger partial charge on any atom is -0.368 e. The fourth-order valence-corrected chi connectivity index (χ4v) is 1.58. The van der Waals surface area contributed by atoms with Crippen molar-refractivity contribution in [2.45, 2.75) is 6.10 Å². The van der Waals surface area contributed by atoms with Crippen LogP contribution in [0, 0.1) is 0 Å². The molecule has 5 heteroatoms. The van der Waals surface area contributed by atoms with Crippen LogP contribution in [0.4, 0.5) is 0 Å². The Balaban J connectivity index is 2.14. The molecule has 1 aromatic heterocycles. The molecular formula is C9H12ClN3O. The third kappa shape index (κ3) is 2.20. The van der Waals surface area contributed by atoms with Gasteiger partial charge < -0.3 is 9.64 Å². The van der Waals surface area contributed by atoms with E-state index in [4.69, 9.17) is 16.3 Å². The summed E-state index contributed by atoms with van der Waals surface area (Å²) in [5.41, 5.74) is 0. The Kier molecular flexibility index (Phi) is 2.96. The summed E-state index contributed by atoms with van der Waals surface area (Å²) in [4.78, 5) is 10.5. The fourth-order valence-electron chi connectivity index (χ4n) is 1.44. The van der Waals surface area contributed by atoms with Gasteiger partial charge in [0, 0.05) is 19.3 Å². The summed E-state index contributed by atoms with van der Waals surface area (Å²) in [7, 11) is 2.06. The van der Waals surface area contributed by atoms with Gasteiger partial charge in [-0.25, -0.2) is 9.97 Å². The van der Waals surface area contributed by atoms with Gasteiger partial charge in [-0.1, -0.05) is 11.6 Å². The molecule has 1 aliphatic heterocycles. The summed E-state index contributed by atoms with van der Waals surface area (Å²) in [6.07, 6.45) is 1.61. The van der Waals surface area contributed by atoms with Gasteiger partial charge in [-0.3, -0.25) is 0 Å². The SMILES string of the molecule is CN1CCOC(c2nccc(Cl)n2)C1. The third-order valence-corrected chi connectivity index (χ3v) is 2.41. The van der Waals surface area contributed by atoms with E-state index in [0.717, 1.165) is 19.7 Å². The highest BCUT2D eigenvalue weighted by molar-refractivity contribution is 6.29. The molecule has 76 valence electrons. The van der Waals surface area contributed by atoms with Crippen molar-refractivity contribution in [3.63, 3.8) is 0 Å². The molecule has 4 nitrogen and oxygen atoms in total. The lowest BCUT2D eigenvalue weighted by Gasteiger charge is -2.28. The smallest absolute Gasteiger partial charge is 0.160 e. The number of likely N-dealkylation sites (N-methyl/N-ethyl adjacent to an activating group) is 1. The summed E-state index contributed by atoms with van der Waals surface area (Å²) < 4.78 is 5.56. The van der Waals surface area contributed by atoms with E-state index in [0.29, 0.717) is 11.0 Å². The van der Waals surface area contributed by atoms with Crippen LogP contribution in [-0.4, -0.2) is 41.6 Å². The van der Waals surface area contributed by atoms with Gasteiger partial charge in [0.25, 0.3) is 0 Å². The van der Waals surface area contributed by atoms with Crippen LogP contribution in [0.5, 0.6) is 0 Å². The van der Waals surface area contributed by atoms with E-state index in [1.165, 1.54) is 0 Å². The molecule has 14 heavy (non-hydrogen) atoms. The normalized spacial score (nSPS) is 23.7. The largest absolute Gasteiger partial charge is 0.368 e. The first-order valence-corrected chi connectivity index (χ1v) is 4.92. The van der Waals surface area contributed by atoms with Gasteiger partial charge >= 0.3 is 0 Å². The molecule has 0 amide bonds. The van der Waals surface area contributed by atoms with Crippen LogP contribution in [0.3, 0.4) is 0 Å². The average Bonchev–Trinajstić information content (AvgIpc) is 2.18. The average molecular weight is 214 g/mol. The molecule has 1 unspecified atom stereocenters. The van der Waals surface area contributed by atoms with Gasteiger partial charge in [0.15, 0.2) is 5.82 Å². The maximum atomic E-state index is 5.78. The van der Waals surface area contributed by atoms with Gasteiger partial charge in [-0.2, -0.15) is 0 Å². The summed E-state index contributed by atoms with van der Waals surface area (Å²) in [6, 6.07) is 1.66. The first-order chi connectivity index (χ1) is 6.75. The van der Waals surface area contributed by atoms with Gasteiger partial charge in [-0.05, 0) is 13.1 Å². The quantitative estimate of drug-likeness (QED) is 0.656. The molecule has 0 aromatic carbocycles. The fraction of sp³-hybridized carbons (Fsp3) is 0.556. The molecule has 0 aliphatic carbocycles. The highest BCUT2D eigenvalue weighted by atomic mass is 35.5. The molecule has 0 saturated carbocycles. The molecule has 1 aliphatic rings. The van der Waals surface area contributed by atoms with Crippen molar-refractivity contribution in [1.29, 1.82) is 0 Å². The molecule has 0 radical (unpaired) electrons. The highest BCUT2D eigenvalue weighted by Crippen LogP contribution is 2.18. The standard InChI is InChI=1S/C9H12ClN3O/c1-13-4-5-14-7(6-13)9-11-3-2-8(10)12-9/h2-3,7H,4-6H2,1H3. The zero-order valence-electron chi connectivity index (χ0n) is 7.98. The van der Waals surface area contributed by atoms with Crippen LogP contribution in [0.1, 0.15) is 11.9 Å². The molecule has 2 heterocycles. The predicted molar refractivity (Wildman–Crippen MR) is 53.2 cm³/mol. The van der Waals surface area contributed by atoms with E-state index >= 15 is 0 Å². The third-order valence-electron chi connectivity index (χ3n) is 2.20. The number of rotatable bonds is 1. The van der Waals surface area contributed by atoms with Crippen LogP contribution in [0.15, 0.2) is 12.3 Å². The Hall–Kier alpha value is -0.710. The summed E-state index contributed by atoms with van der Waals surface area (Å²) in [6.45, 7) is 2.49. The molecule has 1 fully saturated rings. The number of hydrogen-bond donors (Lipinski definition) is 0. The Morgan fingerprint density at radius 3 is 3.21 bits per heavy atom. The second-order valence-electron chi connectivity index (χ2n) is 3.36. The molecule has 0 spiro atoms. The van der Waals surface area contributed by atoms with Crippen molar-refractivity contribution in [1.82, 2.24) is 14.9 Å². The van der Waals surface area contributed by atoms with Crippen LogP contribution >= 0.6 is 11.6 Å². The van der Waals surface area contributed by atoms with Crippen LogP contribution in [0.2, 0.25) is 5.15 Å². The topological polar surface area (TPSA) is 38.2 Å². The number of morpholine rings is 1. The Morgan fingerprint density at radius 1 is 1.64 bits per heavy atom. The Bertz CT molecular complexity index is 321. The summed E-state index contributed by atoms with van der Waals surface area (Å²) in [5, 5.41) is 0.465.